The van der Waals surface area contributed by atoms with Crippen LogP contribution in [0.15, 0.2) is 18.3 Å². The van der Waals surface area contributed by atoms with Crippen LogP contribution in [0.3, 0.4) is 0 Å². The molecule has 102 valence electrons. The van der Waals surface area contributed by atoms with Gasteiger partial charge in [-0.3, -0.25) is 4.79 Å². The van der Waals surface area contributed by atoms with Crippen molar-refractivity contribution in [2.75, 3.05) is 6.54 Å². The van der Waals surface area contributed by atoms with Crippen molar-refractivity contribution < 1.29 is 9.90 Å². The van der Waals surface area contributed by atoms with Gasteiger partial charge >= 0.3 is 0 Å². The van der Waals surface area contributed by atoms with E-state index in [0.29, 0.717) is 23.5 Å². The minimum Gasteiger partial charge on any atom is -0.387 e. The first kappa shape index (κ1) is 13.7. The summed E-state index contributed by atoms with van der Waals surface area (Å²) in [4.78, 5) is 12.3. The Hall–Kier alpha value is -1.73. The number of nitrogens with zero attached hydrogens (tertiary/aromatic N) is 3. The second-order valence-electron chi connectivity index (χ2n) is 4.29. The lowest BCUT2D eigenvalue weighted by molar-refractivity contribution is 0.0944. The van der Waals surface area contributed by atoms with Crippen LogP contribution in [0.5, 0.6) is 0 Å². The molecule has 0 spiro atoms. The SMILES string of the molecule is Cc1nnsc1C(=O)NCC[C@H](O)c1cccn1C. The molecule has 2 aromatic heterocycles. The number of aryl methyl sites for hydroxylation is 2. The fourth-order valence-electron chi connectivity index (χ4n) is 1.81. The molecular weight excluding hydrogens is 264 g/mol. The molecule has 0 fully saturated rings. The molecule has 2 heterocycles. The predicted octanol–water partition coefficient (Wildman–Crippen LogP) is 1.04. The van der Waals surface area contributed by atoms with Gasteiger partial charge in [0.2, 0.25) is 0 Å². The van der Waals surface area contributed by atoms with Crippen LogP contribution in [0, 0.1) is 6.92 Å². The molecule has 0 aliphatic heterocycles. The smallest absolute Gasteiger partial charge is 0.264 e. The maximum atomic E-state index is 11.8. The predicted molar refractivity (Wildman–Crippen MR) is 72.0 cm³/mol. The van der Waals surface area contributed by atoms with Gasteiger partial charge in [0.05, 0.1) is 11.8 Å². The fourth-order valence-corrected chi connectivity index (χ4v) is 2.38. The highest BCUT2D eigenvalue weighted by atomic mass is 32.1. The zero-order valence-electron chi connectivity index (χ0n) is 10.8. The summed E-state index contributed by atoms with van der Waals surface area (Å²) in [5.41, 5.74) is 1.47. The highest BCUT2D eigenvalue weighted by Crippen LogP contribution is 2.16. The minimum absolute atomic E-state index is 0.188. The Kier molecular flexibility index (Phi) is 4.28. The zero-order chi connectivity index (χ0) is 13.8. The van der Waals surface area contributed by atoms with Crippen LogP contribution in [0.4, 0.5) is 0 Å². The van der Waals surface area contributed by atoms with Gasteiger partial charge in [-0.2, -0.15) is 0 Å². The molecule has 0 aliphatic rings. The molecule has 19 heavy (non-hydrogen) atoms. The Balaban J connectivity index is 1.83. The van der Waals surface area contributed by atoms with Crippen LogP contribution in [0.1, 0.15) is 33.6 Å². The molecule has 0 aromatic carbocycles. The van der Waals surface area contributed by atoms with E-state index in [1.165, 1.54) is 0 Å². The van der Waals surface area contributed by atoms with Crippen LogP contribution in [-0.2, 0) is 7.05 Å². The molecule has 1 amide bonds. The Morgan fingerprint density at radius 2 is 2.42 bits per heavy atom. The van der Waals surface area contributed by atoms with Gasteiger partial charge in [-0.05, 0) is 37.0 Å². The maximum absolute atomic E-state index is 11.8. The van der Waals surface area contributed by atoms with Crippen LogP contribution < -0.4 is 5.32 Å². The van der Waals surface area contributed by atoms with E-state index < -0.39 is 6.10 Å². The molecule has 7 heteroatoms. The van der Waals surface area contributed by atoms with Gasteiger partial charge in [0.15, 0.2) is 0 Å². The molecule has 2 aromatic rings. The number of nitrogens with one attached hydrogen (secondary N) is 1. The summed E-state index contributed by atoms with van der Waals surface area (Å²) in [5.74, 6) is -0.188. The Morgan fingerprint density at radius 3 is 3.00 bits per heavy atom. The third-order valence-electron chi connectivity index (χ3n) is 2.89. The molecule has 0 saturated heterocycles. The number of carbonyl (C=O) groups excluding carboxylic acids is 1. The second kappa shape index (κ2) is 5.94. The van der Waals surface area contributed by atoms with E-state index >= 15 is 0 Å². The summed E-state index contributed by atoms with van der Waals surface area (Å²) in [5, 5.41) is 16.5. The van der Waals surface area contributed by atoms with E-state index in [-0.39, 0.29) is 5.91 Å². The zero-order valence-corrected chi connectivity index (χ0v) is 11.6. The molecule has 2 rings (SSSR count). The average Bonchev–Trinajstić information content (AvgIpc) is 2.97. The summed E-state index contributed by atoms with van der Waals surface area (Å²) in [6.45, 7) is 2.15. The lowest BCUT2D eigenvalue weighted by Gasteiger charge is -2.12. The van der Waals surface area contributed by atoms with E-state index in [4.69, 9.17) is 0 Å². The molecule has 0 saturated carbocycles. The number of aliphatic hydroxyl groups is 1. The van der Waals surface area contributed by atoms with Crippen molar-refractivity contribution in [3.8, 4) is 0 Å². The first-order valence-corrected chi connectivity index (χ1v) is 6.73. The lowest BCUT2D eigenvalue weighted by atomic mass is 10.2. The number of carbonyl (C=O) groups is 1. The van der Waals surface area contributed by atoms with Gasteiger partial charge in [-0.15, -0.1) is 5.10 Å². The monoisotopic (exact) mass is 280 g/mol. The normalized spacial score (nSPS) is 12.4. The van der Waals surface area contributed by atoms with E-state index in [0.717, 1.165) is 17.2 Å². The van der Waals surface area contributed by atoms with Gasteiger partial charge in [0, 0.05) is 25.5 Å². The summed E-state index contributed by atoms with van der Waals surface area (Å²) in [6.07, 6.45) is 1.76. The van der Waals surface area contributed by atoms with Gasteiger partial charge in [-0.1, -0.05) is 4.49 Å². The summed E-state index contributed by atoms with van der Waals surface area (Å²) in [7, 11) is 1.88. The van der Waals surface area contributed by atoms with Crippen molar-refractivity contribution >= 4 is 17.4 Å². The Morgan fingerprint density at radius 1 is 1.63 bits per heavy atom. The Labute approximate surface area is 115 Å². The number of amides is 1. The lowest BCUT2D eigenvalue weighted by Crippen LogP contribution is -2.25. The number of hydrogen-bond acceptors (Lipinski definition) is 5. The maximum Gasteiger partial charge on any atom is 0.264 e. The van der Waals surface area contributed by atoms with E-state index in [1.807, 2.05) is 29.9 Å². The van der Waals surface area contributed by atoms with Crippen LogP contribution in [-0.4, -0.2) is 31.7 Å². The van der Waals surface area contributed by atoms with Crippen molar-refractivity contribution in [2.45, 2.75) is 19.4 Å². The minimum atomic E-state index is -0.582. The second-order valence-corrected chi connectivity index (χ2v) is 5.05. The first-order chi connectivity index (χ1) is 9.09. The average molecular weight is 280 g/mol. The van der Waals surface area contributed by atoms with Gasteiger partial charge in [-0.25, -0.2) is 0 Å². The van der Waals surface area contributed by atoms with Crippen LogP contribution in [0.2, 0.25) is 0 Å². The quantitative estimate of drug-likeness (QED) is 0.857. The summed E-state index contributed by atoms with van der Waals surface area (Å²) < 4.78 is 5.58. The van der Waals surface area contributed by atoms with E-state index in [2.05, 4.69) is 14.9 Å². The molecule has 2 N–H and O–H groups in total. The molecular formula is C12H16N4O2S. The molecule has 1 atom stereocenters. The molecule has 0 aliphatic carbocycles. The van der Waals surface area contributed by atoms with Crippen molar-refractivity contribution in [2.24, 2.45) is 7.05 Å². The van der Waals surface area contributed by atoms with Gasteiger partial charge in [0.1, 0.15) is 4.88 Å². The third-order valence-corrected chi connectivity index (χ3v) is 3.71. The highest BCUT2D eigenvalue weighted by molar-refractivity contribution is 7.07. The van der Waals surface area contributed by atoms with Crippen molar-refractivity contribution in [1.29, 1.82) is 0 Å². The fraction of sp³-hybridized carbons (Fsp3) is 0.417. The first-order valence-electron chi connectivity index (χ1n) is 5.96. The van der Waals surface area contributed by atoms with E-state index in [9.17, 15) is 9.90 Å². The number of aromatic nitrogens is 3. The van der Waals surface area contributed by atoms with Crippen molar-refractivity contribution in [1.82, 2.24) is 19.5 Å². The number of aliphatic hydroxyl groups excluding tert-OH is 1. The summed E-state index contributed by atoms with van der Waals surface area (Å²) >= 11 is 1.08. The number of rotatable bonds is 5. The van der Waals surface area contributed by atoms with Gasteiger partial charge < -0.3 is 15.0 Å². The van der Waals surface area contributed by atoms with Gasteiger partial charge in [0.25, 0.3) is 5.91 Å². The van der Waals surface area contributed by atoms with Crippen molar-refractivity contribution in [3.63, 3.8) is 0 Å². The standard InChI is InChI=1S/C12H16N4O2S/c1-8-11(19-15-14-8)12(18)13-6-5-10(17)9-4-3-7-16(9)2/h3-4,7,10,17H,5-6H2,1-2H3,(H,13,18)/t10-/m0/s1. The Bertz CT molecular complexity index is 564. The molecule has 6 nitrogen and oxygen atoms in total. The third kappa shape index (κ3) is 3.18. The molecule has 0 bridgehead atoms. The largest absolute Gasteiger partial charge is 0.387 e. The molecule has 0 unspecified atom stereocenters. The molecule has 0 radical (unpaired) electrons. The topological polar surface area (TPSA) is 80.0 Å². The van der Waals surface area contributed by atoms with E-state index in [1.54, 1.807) is 6.92 Å². The van der Waals surface area contributed by atoms with Crippen LogP contribution in [0.25, 0.3) is 0 Å². The van der Waals surface area contributed by atoms with Crippen molar-refractivity contribution in [3.05, 3.63) is 34.6 Å². The summed E-state index contributed by atoms with van der Waals surface area (Å²) in [6, 6.07) is 3.74. The number of hydrogen-bond donors (Lipinski definition) is 2. The highest BCUT2D eigenvalue weighted by Gasteiger charge is 2.14. The van der Waals surface area contributed by atoms with Crippen LogP contribution >= 0.6 is 11.5 Å².